The fraction of sp³-hybridized carbons (Fsp3) is 0.667. The number of sulfonamides is 1. The Kier molecular flexibility index (Phi) is 3.88. The first-order valence-corrected chi connectivity index (χ1v) is 8.29. The Labute approximate surface area is 118 Å². The van der Waals surface area contributed by atoms with Crippen molar-refractivity contribution in [2.45, 2.75) is 39.4 Å². The van der Waals surface area contributed by atoms with Crippen LogP contribution < -0.4 is 0 Å². The lowest BCUT2D eigenvalue weighted by molar-refractivity contribution is 0.0697. The van der Waals surface area contributed by atoms with E-state index in [0.29, 0.717) is 11.5 Å². The summed E-state index contributed by atoms with van der Waals surface area (Å²) in [4.78, 5) is 17.9. The fourth-order valence-corrected chi connectivity index (χ4v) is 2.67. The molecular weight excluding hydrogens is 282 g/mol. The molecule has 7 nitrogen and oxygen atoms in total. The molecule has 0 saturated heterocycles. The van der Waals surface area contributed by atoms with Crippen LogP contribution >= 0.6 is 0 Å². The van der Waals surface area contributed by atoms with E-state index in [-0.39, 0.29) is 30.9 Å². The van der Waals surface area contributed by atoms with Crippen molar-refractivity contribution in [1.29, 1.82) is 0 Å². The third-order valence-electron chi connectivity index (χ3n) is 3.65. The van der Waals surface area contributed by atoms with Crippen LogP contribution in [0, 0.1) is 0 Å². The molecule has 0 radical (unpaired) electrons. The maximum atomic E-state index is 12.2. The number of hydrogen-bond donors (Lipinski definition) is 0. The van der Waals surface area contributed by atoms with Crippen LogP contribution in [-0.2, 0) is 23.1 Å². The van der Waals surface area contributed by atoms with Crippen LogP contribution in [0.5, 0.6) is 0 Å². The van der Waals surface area contributed by atoms with Gasteiger partial charge in [-0.3, -0.25) is 4.79 Å². The van der Waals surface area contributed by atoms with Crippen molar-refractivity contribution in [3.63, 3.8) is 0 Å². The van der Waals surface area contributed by atoms with Gasteiger partial charge in [0.1, 0.15) is 5.76 Å². The molecule has 2 rings (SSSR count). The summed E-state index contributed by atoms with van der Waals surface area (Å²) in [6.07, 6.45) is 1.98. The molecule has 0 spiro atoms. The van der Waals surface area contributed by atoms with Gasteiger partial charge in [-0.1, -0.05) is 6.92 Å². The largest absolute Gasteiger partial charge is 0.436 e. The maximum Gasteiger partial charge on any atom is 0.309 e. The smallest absolute Gasteiger partial charge is 0.309 e. The average Bonchev–Trinajstić information content (AvgIpc) is 2.93. The van der Waals surface area contributed by atoms with Crippen molar-refractivity contribution < 1.29 is 17.6 Å². The third kappa shape index (κ3) is 2.71. The number of aromatic nitrogens is 1. The van der Waals surface area contributed by atoms with Gasteiger partial charge in [-0.15, -0.1) is 0 Å². The molecule has 8 heteroatoms. The molecular formula is C12H19N3O4S. The van der Waals surface area contributed by atoms with E-state index in [1.165, 1.54) is 4.31 Å². The summed E-state index contributed by atoms with van der Waals surface area (Å²) in [7, 11) is -1.57. The predicted octanol–water partition coefficient (Wildman–Crippen LogP) is 0.820. The van der Waals surface area contributed by atoms with Gasteiger partial charge in [0.2, 0.25) is 10.0 Å². The Bertz CT molecular complexity index is 599. The zero-order valence-electron chi connectivity index (χ0n) is 12.1. The van der Waals surface area contributed by atoms with Crippen molar-refractivity contribution in [1.82, 2.24) is 14.2 Å². The minimum absolute atomic E-state index is 0.0333. The first-order valence-electron chi connectivity index (χ1n) is 6.45. The number of nitrogens with zero attached hydrogens (tertiary/aromatic N) is 3. The highest BCUT2D eigenvalue weighted by atomic mass is 32.2. The van der Waals surface area contributed by atoms with E-state index < -0.39 is 10.0 Å². The molecule has 0 fully saturated rings. The number of amides is 1. The number of rotatable bonds is 4. The number of fused-ring (bicyclic) bond motifs is 1. The van der Waals surface area contributed by atoms with Crippen molar-refractivity contribution in [3.05, 3.63) is 17.3 Å². The molecule has 0 saturated carbocycles. The van der Waals surface area contributed by atoms with Crippen molar-refractivity contribution in [2.24, 2.45) is 0 Å². The van der Waals surface area contributed by atoms with E-state index in [1.807, 2.05) is 13.8 Å². The summed E-state index contributed by atoms with van der Waals surface area (Å²) in [5.74, 6) is 0.210. The summed E-state index contributed by atoms with van der Waals surface area (Å²) in [5.41, 5.74) is 0.524. The van der Waals surface area contributed by atoms with Crippen LogP contribution in [-0.4, -0.2) is 47.9 Å². The standard InChI is InChI=1S/C12H19N3O4S/c1-5-8(2)14(3)12(16)11-13-9-6-15(20(4,17)18)7-10(9)19-11/h8H,5-7H2,1-4H3. The summed E-state index contributed by atoms with van der Waals surface area (Å²) in [6, 6.07) is 0.0942. The highest BCUT2D eigenvalue weighted by Gasteiger charge is 2.33. The van der Waals surface area contributed by atoms with Crippen LogP contribution in [0.3, 0.4) is 0 Å². The Morgan fingerprint density at radius 2 is 2.15 bits per heavy atom. The van der Waals surface area contributed by atoms with Gasteiger partial charge in [0.15, 0.2) is 0 Å². The lowest BCUT2D eigenvalue weighted by Gasteiger charge is -2.22. The van der Waals surface area contributed by atoms with Gasteiger partial charge in [0.05, 0.1) is 25.0 Å². The van der Waals surface area contributed by atoms with Crippen LogP contribution in [0.1, 0.15) is 42.4 Å². The van der Waals surface area contributed by atoms with E-state index in [4.69, 9.17) is 4.42 Å². The first kappa shape index (κ1) is 15.0. The zero-order chi connectivity index (χ0) is 15.1. The number of oxazole rings is 1. The van der Waals surface area contributed by atoms with Crippen molar-refractivity contribution in [3.8, 4) is 0 Å². The van der Waals surface area contributed by atoms with Gasteiger partial charge in [-0.2, -0.15) is 4.31 Å². The second-order valence-corrected chi connectivity index (χ2v) is 7.08. The Morgan fingerprint density at radius 3 is 2.65 bits per heavy atom. The highest BCUT2D eigenvalue weighted by Crippen LogP contribution is 2.25. The molecule has 1 amide bonds. The van der Waals surface area contributed by atoms with Gasteiger partial charge in [-0.25, -0.2) is 13.4 Å². The maximum absolute atomic E-state index is 12.2. The summed E-state index contributed by atoms with van der Waals surface area (Å²) in [5, 5.41) is 0. The van der Waals surface area contributed by atoms with Gasteiger partial charge < -0.3 is 9.32 Å². The highest BCUT2D eigenvalue weighted by molar-refractivity contribution is 7.88. The molecule has 0 N–H and O–H groups in total. The molecule has 0 aromatic carbocycles. The van der Waals surface area contributed by atoms with Crippen LogP contribution in [0.2, 0.25) is 0 Å². The van der Waals surface area contributed by atoms with E-state index in [2.05, 4.69) is 4.98 Å². The zero-order valence-corrected chi connectivity index (χ0v) is 12.9. The molecule has 1 atom stereocenters. The number of hydrogen-bond acceptors (Lipinski definition) is 5. The molecule has 2 heterocycles. The van der Waals surface area contributed by atoms with E-state index in [0.717, 1.165) is 12.7 Å². The Morgan fingerprint density at radius 1 is 1.50 bits per heavy atom. The van der Waals surface area contributed by atoms with Gasteiger partial charge in [-0.05, 0) is 13.3 Å². The van der Waals surface area contributed by atoms with E-state index in [1.54, 1.807) is 11.9 Å². The average molecular weight is 301 g/mol. The molecule has 1 aromatic rings. The van der Waals surface area contributed by atoms with Gasteiger partial charge in [0.25, 0.3) is 5.89 Å². The number of carbonyl (C=O) groups excluding carboxylic acids is 1. The Hall–Kier alpha value is -1.41. The Balaban J connectivity index is 2.16. The molecule has 0 bridgehead atoms. The van der Waals surface area contributed by atoms with E-state index in [9.17, 15) is 13.2 Å². The quantitative estimate of drug-likeness (QED) is 0.822. The van der Waals surface area contributed by atoms with Gasteiger partial charge >= 0.3 is 5.91 Å². The second-order valence-electron chi connectivity index (χ2n) is 5.09. The summed E-state index contributed by atoms with van der Waals surface area (Å²) in [6.45, 7) is 4.24. The first-order chi connectivity index (χ1) is 9.24. The molecule has 1 aliphatic heterocycles. The second kappa shape index (κ2) is 5.17. The van der Waals surface area contributed by atoms with Crippen molar-refractivity contribution >= 4 is 15.9 Å². The predicted molar refractivity (Wildman–Crippen MR) is 72.4 cm³/mol. The van der Waals surface area contributed by atoms with E-state index >= 15 is 0 Å². The fourth-order valence-electron chi connectivity index (χ4n) is 1.96. The third-order valence-corrected chi connectivity index (χ3v) is 4.84. The monoisotopic (exact) mass is 301 g/mol. The molecule has 1 aromatic heterocycles. The van der Waals surface area contributed by atoms with Crippen LogP contribution in [0.25, 0.3) is 0 Å². The minimum atomic E-state index is -3.27. The molecule has 20 heavy (non-hydrogen) atoms. The van der Waals surface area contributed by atoms with Gasteiger partial charge in [0, 0.05) is 13.1 Å². The SMILES string of the molecule is CCC(C)N(C)C(=O)c1nc2c(o1)CN(S(C)(=O)=O)C2. The minimum Gasteiger partial charge on any atom is -0.436 e. The number of carbonyl (C=O) groups is 1. The molecule has 0 aliphatic carbocycles. The molecule has 1 unspecified atom stereocenters. The topological polar surface area (TPSA) is 83.7 Å². The normalized spacial score (nSPS) is 17.0. The summed E-state index contributed by atoms with van der Waals surface area (Å²) >= 11 is 0. The summed E-state index contributed by atoms with van der Waals surface area (Å²) < 4.78 is 29.6. The van der Waals surface area contributed by atoms with Crippen molar-refractivity contribution in [2.75, 3.05) is 13.3 Å². The lowest BCUT2D eigenvalue weighted by Crippen LogP contribution is -2.35. The van der Waals surface area contributed by atoms with Crippen LogP contribution in [0.4, 0.5) is 0 Å². The molecule has 1 aliphatic rings. The molecule has 112 valence electrons. The van der Waals surface area contributed by atoms with Crippen LogP contribution in [0.15, 0.2) is 4.42 Å². The lowest BCUT2D eigenvalue weighted by atomic mass is 10.2.